The first kappa shape index (κ1) is 14.1. The van der Waals surface area contributed by atoms with Crippen molar-refractivity contribution >= 4 is 5.69 Å². The summed E-state index contributed by atoms with van der Waals surface area (Å²) in [5, 5.41) is 7.84. The van der Waals surface area contributed by atoms with Gasteiger partial charge in [-0.1, -0.05) is 28.0 Å². The molecule has 2 aromatic rings. The van der Waals surface area contributed by atoms with Crippen LogP contribution in [0, 0.1) is 13.8 Å². The van der Waals surface area contributed by atoms with Crippen LogP contribution in [0.15, 0.2) is 28.9 Å². The monoisotopic (exact) mass is 286 g/mol. The normalized spacial score (nSPS) is 20.0. The summed E-state index contributed by atoms with van der Waals surface area (Å²) in [4.78, 5) is 4.89. The van der Waals surface area contributed by atoms with E-state index in [0.717, 1.165) is 37.6 Å². The van der Waals surface area contributed by atoms with Gasteiger partial charge in [0.2, 0.25) is 0 Å². The van der Waals surface area contributed by atoms with Gasteiger partial charge in [0, 0.05) is 37.9 Å². The molecule has 1 aromatic carbocycles. The first-order valence-corrected chi connectivity index (χ1v) is 7.47. The fraction of sp³-hybridized carbons (Fsp3) is 0.500. The molecular weight excluding hydrogens is 264 g/mol. The van der Waals surface area contributed by atoms with Crippen LogP contribution < -0.4 is 4.90 Å². The van der Waals surface area contributed by atoms with Crippen molar-refractivity contribution in [1.29, 1.82) is 0 Å². The summed E-state index contributed by atoms with van der Waals surface area (Å²) in [6.07, 6.45) is 0. The van der Waals surface area contributed by atoms with E-state index >= 15 is 0 Å². The van der Waals surface area contributed by atoms with Crippen molar-refractivity contribution in [1.82, 2.24) is 15.2 Å². The Hall–Kier alpha value is -1.88. The van der Waals surface area contributed by atoms with Gasteiger partial charge in [-0.25, -0.2) is 4.63 Å². The summed E-state index contributed by atoms with van der Waals surface area (Å²) >= 11 is 0. The Morgan fingerprint density at radius 1 is 1.14 bits per heavy atom. The predicted molar refractivity (Wildman–Crippen MR) is 82.3 cm³/mol. The van der Waals surface area contributed by atoms with E-state index in [1.807, 2.05) is 6.92 Å². The molecule has 1 aliphatic rings. The van der Waals surface area contributed by atoms with Crippen LogP contribution >= 0.6 is 0 Å². The molecule has 0 amide bonds. The van der Waals surface area contributed by atoms with Crippen LogP contribution in [0.2, 0.25) is 0 Å². The molecule has 5 heteroatoms. The van der Waals surface area contributed by atoms with Gasteiger partial charge in [0.15, 0.2) is 0 Å². The molecule has 1 atom stereocenters. The van der Waals surface area contributed by atoms with Crippen molar-refractivity contribution in [2.75, 3.05) is 24.5 Å². The van der Waals surface area contributed by atoms with Crippen LogP contribution in [0.5, 0.6) is 0 Å². The van der Waals surface area contributed by atoms with Gasteiger partial charge in [-0.2, -0.15) is 0 Å². The maximum Gasteiger partial charge on any atom is 0.122 e. The van der Waals surface area contributed by atoms with Crippen LogP contribution in [0.1, 0.15) is 23.9 Å². The summed E-state index contributed by atoms with van der Waals surface area (Å²) in [5.41, 5.74) is 4.46. The van der Waals surface area contributed by atoms with Crippen molar-refractivity contribution < 1.29 is 4.63 Å². The Balaban J connectivity index is 1.64. The van der Waals surface area contributed by atoms with E-state index in [4.69, 9.17) is 4.63 Å². The van der Waals surface area contributed by atoms with Gasteiger partial charge in [-0.15, -0.1) is 0 Å². The summed E-state index contributed by atoms with van der Waals surface area (Å²) < 4.78 is 4.79. The van der Waals surface area contributed by atoms with Crippen LogP contribution in [0.4, 0.5) is 5.69 Å². The molecule has 0 bridgehead atoms. The minimum atomic E-state index is 0.483. The lowest BCUT2D eigenvalue weighted by atomic mass is 10.1. The van der Waals surface area contributed by atoms with Crippen molar-refractivity contribution in [2.45, 2.75) is 33.4 Å². The molecule has 112 valence electrons. The summed E-state index contributed by atoms with van der Waals surface area (Å²) in [6, 6.07) is 9.26. The van der Waals surface area contributed by atoms with Crippen molar-refractivity contribution in [2.24, 2.45) is 0 Å². The SMILES string of the molecule is Cc1ccc(N2CCN(Cc3nonc3C)[C@H](C)C2)cc1. The lowest BCUT2D eigenvalue weighted by molar-refractivity contribution is 0.175. The van der Waals surface area contributed by atoms with Gasteiger partial charge < -0.3 is 4.90 Å². The molecule has 0 spiro atoms. The van der Waals surface area contributed by atoms with Crippen LogP contribution in [0.3, 0.4) is 0 Å². The molecule has 1 aliphatic heterocycles. The minimum absolute atomic E-state index is 0.483. The van der Waals surface area contributed by atoms with E-state index in [9.17, 15) is 0 Å². The zero-order valence-corrected chi connectivity index (χ0v) is 12.9. The molecule has 0 radical (unpaired) electrons. The molecule has 0 N–H and O–H groups in total. The van der Waals surface area contributed by atoms with Crippen LogP contribution in [0.25, 0.3) is 0 Å². The zero-order chi connectivity index (χ0) is 14.8. The second-order valence-corrected chi connectivity index (χ2v) is 5.90. The highest BCUT2D eigenvalue weighted by Crippen LogP contribution is 2.21. The largest absolute Gasteiger partial charge is 0.369 e. The number of piperazine rings is 1. The highest BCUT2D eigenvalue weighted by molar-refractivity contribution is 5.48. The lowest BCUT2D eigenvalue weighted by Crippen LogP contribution is -2.51. The maximum absolute atomic E-state index is 4.79. The second kappa shape index (κ2) is 5.85. The number of rotatable bonds is 3. The number of anilines is 1. The Morgan fingerprint density at radius 2 is 1.90 bits per heavy atom. The molecule has 1 fully saturated rings. The second-order valence-electron chi connectivity index (χ2n) is 5.90. The van der Waals surface area contributed by atoms with Gasteiger partial charge >= 0.3 is 0 Å². The van der Waals surface area contributed by atoms with E-state index in [0.29, 0.717) is 6.04 Å². The molecule has 0 saturated carbocycles. The Morgan fingerprint density at radius 3 is 2.52 bits per heavy atom. The topological polar surface area (TPSA) is 45.4 Å². The first-order valence-electron chi connectivity index (χ1n) is 7.47. The number of hydrogen-bond donors (Lipinski definition) is 0. The minimum Gasteiger partial charge on any atom is -0.369 e. The third-order valence-corrected chi connectivity index (χ3v) is 4.26. The number of aromatic nitrogens is 2. The van der Waals surface area contributed by atoms with Crippen molar-refractivity contribution in [3.05, 3.63) is 41.2 Å². The van der Waals surface area contributed by atoms with Crippen molar-refractivity contribution in [3.63, 3.8) is 0 Å². The maximum atomic E-state index is 4.79. The van der Waals surface area contributed by atoms with E-state index in [-0.39, 0.29) is 0 Å². The number of benzene rings is 1. The third-order valence-electron chi connectivity index (χ3n) is 4.26. The van der Waals surface area contributed by atoms with E-state index in [1.54, 1.807) is 0 Å². The van der Waals surface area contributed by atoms with E-state index < -0.39 is 0 Å². The highest BCUT2D eigenvalue weighted by Gasteiger charge is 2.25. The standard InChI is InChI=1S/C16H22N4O/c1-12-4-6-15(7-5-12)20-9-8-19(13(2)10-20)11-16-14(3)17-21-18-16/h4-7,13H,8-11H2,1-3H3/t13-/m1/s1. The number of hydrogen-bond acceptors (Lipinski definition) is 5. The summed E-state index contributed by atoms with van der Waals surface area (Å²) in [5.74, 6) is 0. The predicted octanol–water partition coefficient (Wildman–Crippen LogP) is 2.40. The fourth-order valence-corrected chi connectivity index (χ4v) is 2.81. The van der Waals surface area contributed by atoms with Gasteiger partial charge in [-0.05, 0) is 32.9 Å². The fourth-order valence-electron chi connectivity index (χ4n) is 2.81. The van der Waals surface area contributed by atoms with E-state index in [2.05, 4.69) is 58.2 Å². The molecule has 21 heavy (non-hydrogen) atoms. The van der Waals surface area contributed by atoms with Crippen LogP contribution in [-0.2, 0) is 6.54 Å². The molecule has 0 aliphatic carbocycles. The summed E-state index contributed by atoms with van der Waals surface area (Å²) in [7, 11) is 0. The molecule has 1 saturated heterocycles. The Bertz CT molecular complexity index is 593. The smallest absolute Gasteiger partial charge is 0.122 e. The number of nitrogens with zero attached hydrogens (tertiary/aromatic N) is 4. The average molecular weight is 286 g/mol. The Kier molecular flexibility index (Phi) is 3.92. The number of aryl methyl sites for hydroxylation is 2. The Labute approximate surface area is 125 Å². The molecule has 0 unspecified atom stereocenters. The molecule has 3 rings (SSSR count). The molecule has 2 heterocycles. The quantitative estimate of drug-likeness (QED) is 0.867. The first-order chi connectivity index (χ1) is 10.1. The third kappa shape index (κ3) is 3.08. The van der Waals surface area contributed by atoms with Crippen molar-refractivity contribution in [3.8, 4) is 0 Å². The summed E-state index contributed by atoms with van der Waals surface area (Å²) in [6.45, 7) is 10.3. The lowest BCUT2D eigenvalue weighted by Gasteiger charge is -2.40. The molecular formula is C16H22N4O. The van der Waals surface area contributed by atoms with Crippen LogP contribution in [-0.4, -0.2) is 40.9 Å². The van der Waals surface area contributed by atoms with Gasteiger partial charge in [0.05, 0.1) is 0 Å². The molecule has 5 nitrogen and oxygen atoms in total. The van der Waals surface area contributed by atoms with Gasteiger partial charge in [0.25, 0.3) is 0 Å². The average Bonchev–Trinajstić information content (AvgIpc) is 2.87. The van der Waals surface area contributed by atoms with E-state index in [1.165, 1.54) is 11.3 Å². The molecule has 1 aromatic heterocycles. The van der Waals surface area contributed by atoms with Gasteiger partial charge in [-0.3, -0.25) is 4.90 Å². The zero-order valence-electron chi connectivity index (χ0n) is 12.9. The van der Waals surface area contributed by atoms with Gasteiger partial charge in [0.1, 0.15) is 11.4 Å². The highest BCUT2D eigenvalue weighted by atomic mass is 16.6.